The smallest absolute Gasteiger partial charge is 0.164 e. The predicted octanol–water partition coefficient (Wildman–Crippen LogP) is 6.13. The van der Waals surface area contributed by atoms with E-state index in [-0.39, 0.29) is 17.8 Å². The van der Waals surface area contributed by atoms with E-state index < -0.39 is 12.2 Å². The Morgan fingerprint density at radius 2 is 1.06 bits per heavy atom. The van der Waals surface area contributed by atoms with Crippen molar-refractivity contribution in [1.29, 1.82) is 0 Å². The maximum Gasteiger partial charge on any atom is 0.164 e. The molecule has 0 unspecified atom stereocenters. The van der Waals surface area contributed by atoms with E-state index in [0.29, 0.717) is 32.2 Å². The van der Waals surface area contributed by atoms with E-state index in [4.69, 9.17) is 14.2 Å². The summed E-state index contributed by atoms with van der Waals surface area (Å²) in [5, 5.41) is 0. The molecule has 4 nitrogen and oxygen atoms in total. The number of carbonyl (C=O) groups excluding carboxylic acids is 1. The van der Waals surface area contributed by atoms with E-state index in [0.717, 1.165) is 29.5 Å². The van der Waals surface area contributed by atoms with Gasteiger partial charge in [0.05, 0.1) is 25.9 Å². The van der Waals surface area contributed by atoms with Crippen molar-refractivity contribution < 1.29 is 19.0 Å². The molecule has 3 aromatic carbocycles. The van der Waals surface area contributed by atoms with Gasteiger partial charge in [0, 0.05) is 6.42 Å². The van der Waals surface area contributed by atoms with Gasteiger partial charge in [-0.15, -0.1) is 0 Å². The Bertz CT molecular complexity index is 1050. The van der Waals surface area contributed by atoms with Gasteiger partial charge in [0.15, 0.2) is 5.78 Å². The van der Waals surface area contributed by atoms with E-state index in [1.807, 2.05) is 78.9 Å². The number of ketones is 1. The van der Waals surface area contributed by atoms with Gasteiger partial charge in [-0.25, -0.2) is 0 Å². The van der Waals surface area contributed by atoms with E-state index in [1.54, 1.807) is 0 Å². The van der Waals surface area contributed by atoms with Gasteiger partial charge in [-0.05, 0) is 28.5 Å². The minimum atomic E-state index is -0.643. The molecule has 2 fully saturated rings. The van der Waals surface area contributed by atoms with Crippen LogP contribution in [0, 0.1) is 11.8 Å². The molecule has 0 heterocycles. The van der Waals surface area contributed by atoms with E-state index >= 15 is 0 Å². The van der Waals surface area contributed by atoms with Crippen LogP contribution in [0.15, 0.2) is 91.0 Å². The van der Waals surface area contributed by atoms with Crippen molar-refractivity contribution in [3.63, 3.8) is 0 Å². The minimum Gasteiger partial charge on any atom is -0.370 e. The number of hydrogen-bond donors (Lipinski definition) is 0. The molecule has 2 saturated carbocycles. The molecular weight excluding hydrogens is 436 g/mol. The Morgan fingerprint density at radius 1 is 0.600 bits per heavy atom. The van der Waals surface area contributed by atoms with Crippen molar-refractivity contribution in [1.82, 2.24) is 0 Å². The Labute approximate surface area is 208 Å². The first-order valence-electron chi connectivity index (χ1n) is 12.8. The van der Waals surface area contributed by atoms with Crippen molar-refractivity contribution in [3.8, 4) is 0 Å². The first-order valence-corrected chi connectivity index (χ1v) is 12.8. The normalized spacial score (nSPS) is 24.7. The van der Waals surface area contributed by atoms with Crippen LogP contribution in [0.3, 0.4) is 0 Å². The van der Waals surface area contributed by atoms with Gasteiger partial charge in [0.2, 0.25) is 0 Å². The third-order valence-corrected chi connectivity index (χ3v) is 7.40. The molecule has 0 aromatic heterocycles. The van der Waals surface area contributed by atoms with Gasteiger partial charge in [0.25, 0.3) is 0 Å². The van der Waals surface area contributed by atoms with Gasteiger partial charge >= 0.3 is 0 Å². The van der Waals surface area contributed by atoms with Crippen LogP contribution in [-0.4, -0.2) is 24.1 Å². The summed E-state index contributed by atoms with van der Waals surface area (Å²) in [5.74, 6) is 0.811. The first-order chi connectivity index (χ1) is 17.3. The third-order valence-electron chi connectivity index (χ3n) is 7.40. The molecule has 35 heavy (non-hydrogen) atoms. The fourth-order valence-electron chi connectivity index (χ4n) is 5.25. The van der Waals surface area contributed by atoms with Crippen LogP contribution in [0.4, 0.5) is 0 Å². The summed E-state index contributed by atoms with van der Waals surface area (Å²) < 4.78 is 19.4. The Morgan fingerprint density at radius 3 is 1.51 bits per heavy atom. The van der Waals surface area contributed by atoms with Crippen molar-refractivity contribution in [2.75, 3.05) is 0 Å². The standard InChI is InChI=1S/C31H34O4/c32-28-19-27(26-17-10-18-26)29(33-20-23-11-4-1-5-12-23)31(35-22-25-15-8-3-9-16-25)30(28)34-21-24-13-6-2-7-14-24/h1-9,11-16,26-27,29-31H,10,17-22H2/t27-,29-,30+,31+/m0/s1. The highest BCUT2D eigenvalue weighted by molar-refractivity contribution is 5.85. The highest BCUT2D eigenvalue weighted by Gasteiger charge is 2.49. The van der Waals surface area contributed by atoms with Crippen LogP contribution in [0.2, 0.25) is 0 Å². The summed E-state index contributed by atoms with van der Waals surface area (Å²) in [6, 6.07) is 30.3. The average molecular weight is 471 g/mol. The Kier molecular flexibility index (Phi) is 8.04. The monoisotopic (exact) mass is 470 g/mol. The molecule has 2 aliphatic carbocycles. The lowest BCUT2D eigenvalue weighted by Gasteiger charge is -2.46. The fraction of sp³-hybridized carbons (Fsp3) is 0.387. The molecule has 0 amide bonds. The Hall–Kier alpha value is -2.79. The quantitative estimate of drug-likeness (QED) is 0.357. The molecule has 0 N–H and O–H groups in total. The average Bonchev–Trinajstić information content (AvgIpc) is 2.87. The molecule has 0 bridgehead atoms. The lowest BCUT2D eigenvalue weighted by atomic mass is 9.67. The summed E-state index contributed by atoms with van der Waals surface area (Å²) in [7, 11) is 0. The summed E-state index contributed by atoms with van der Waals surface area (Å²) in [4.78, 5) is 13.5. The maximum atomic E-state index is 13.5. The molecule has 0 aliphatic heterocycles. The van der Waals surface area contributed by atoms with Crippen molar-refractivity contribution in [2.45, 2.75) is 63.8 Å². The predicted molar refractivity (Wildman–Crippen MR) is 136 cm³/mol. The third kappa shape index (κ3) is 6.07. The molecule has 182 valence electrons. The van der Waals surface area contributed by atoms with E-state index in [9.17, 15) is 4.79 Å². The maximum absolute atomic E-state index is 13.5. The van der Waals surface area contributed by atoms with Crippen LogP contribution in [-0.2, 0) is 38.8 Å². The summed E-state index contributed by atoms with van der Waals surface area (Å²) >= 11 is 0. The molecule has 2 aliphatic rings. The number of ether oxygens (including phenoxy) is 3. The van der Waals surface area contributed by atoms with Gasteiger partial charge in [0.1, 0.15) is 12.2 Å². The number of rotatable bonds is 10. The second-order valence-corrected chi connectivity index (χ2v) is 9.76. The van der Waals surface area contributed by atoms with Crippen LogP contribution in [0.5, 0.6) is 0 Å². The molecule has 4 atom stereocenters. The van der Waals surface area contributed by atoms with Gasteiger partial charge in [-0.3, -0.25) is 4.79 Å². The molecule has 3 aromatic rings. The molecule has 0 radical (unpaired) electrons. The topological polar surface area (TPSA) is 44.8 Å². The second kappa shape index (κ2) is 11.8. The van der Waals surface area contributed by atoms with Crippen molar-refractivity contribution in [3.05, 3.63) is 108 Å². The van der Waals surface area contributed by atoms with E-state index in [2.05, 4.69) is 12.1 Å². The van der Waals surface area contributed by atoms with Crippen molar-refractivity contribution in [2.24, 2.45) is 11.8 Å². The molecule has 4 heteroatoms. The summed E-state index contributed by atoms with van der Waals surface area (Å²) in [6.07, 6.45) is 2.75. The van der Waals surface area contributed by atoms with Crippen LogP contribution in [0.1, 0.15) is 42.4 Å². The molecule has 0 spiro atoms. The Balaban J connectivity index is 1.39. The fourth-order valence-corrected chi connectivity index (χ4v) is 5.25. The van der Waals surface area contributed by atoms with Crippen LogP contribution in [0.25, 0.3) is 0 Å². The molecular formula is C31H34O4. The molecule has 5 rings (SSSR count). The van der Waals surface area contributed by atoms with E-state index in [1.165, 1.54) is 6.42 Å². The zero-order valence-electron chi connectivity index (χ0n) is 20.1. The largest absolute Gasteiger partial charge is 0.370 e. The van der Waals surface area contributed by atoms with Gasteiger partial charge in [-0.1, -0.05) is 110 Å². The zero-order valence-corrected chi connectivity index (χ0v) is 20.1. The lowest BCUT2D eigenvalue weighted by molar-refractivity contribution is -0.198. The minimum absolute atomic E-state index is 0.135. The van der Waals surface area contributed by atoms with Crippen LogP contribution < -0.4 is 0 Å². The SMILES string of the molecule is O=C1C[C@@H](C2CCC2)[C@H](OCc2ccccc2)[C@@H](OCc2ccccc2)[C@@H]1OCc1ccccc1. The highest BCUT2D eigenvalue weighted by atomic mass is 16.6. The summed E-state index contributed by atoms with van der Waals surface area (Å²) in [5.41, 5.74) is 3.25. The molecule has 0 saturated heterocycles. The van der Waals surface area contributed by atoms with Crippen molar-refractivity contribution >= 4 is 5.78 Å². The number of carbonyl (C=O) groups is 1. The number of Topliss-reactive ketones (excluding diaryl/α,β-unsaturated/α-hetero) is 1. The number of benzene rings is 3. The van der Waals surface area contributed by atoms with Gasteiger partial charge in [-0.2, -0.15) is 0 Å². The highest BCUT2D eigenvalue weighted by Crippen LogP contribution is 2.43. The first kappa shape index (κ1) is 23.9. The number of hydrogen-bond acceptors (Lipinski definition) is 4. The summed E-state index contributed by atoms with van der Waals surface area (Å²) in [6.45, 7) is 1.30. The van der Waals surface area contributed by atoms with Gasteiger partial charge < -0.3 is 14.2 Å². The second-order valence-electron chi connectivity index (χ2n) is 9.76. The zero-order chi connectivity index (χ0) is 23.9. The lowest BCUT2D eigenvalue weighted by Crippen LogP contribution is -2.57. The van der Waals surface area contributed by atoms with Crippen LogP contribution >= 0.6 is 0 Å².